The number of aryl methyl sites for hydroxylation is 1. The predicted octanol–water partition coefficient (Wildman–Crippen LogP) is -0.585. The molecule has 2 N–H and O–H groups in total. The lowest BCUT2D eigenvalue weighted by Crippen LogP contribution is -2.57. The van der Waals surface area contributed by atoms with Crippen molar-refractivity contribution in [3.63, 3.8) is 0 Å². The molecule has 1 aliphatic rings. The first-order valence-electron chi connectivity index (χ1n) is 5.76. The normalized spacial score (nSPS) is 20.6. The number of nitrogens with one attached hydrogen (secondary N) is 1. The molecule has 0 radical (unpaired) electrons. The molecule has 2 rings (SSSR count). The maximum absolute atomic E-state index is 12.5. The van der Waals surface area contributed by atoms with Gasteiger partial charge in [-0.3, -0.25) is 9.59 Å². The van der Waals surface area contributed by atoms with E-state index < -0.39 is 34.4 Å². The summed E-state index contributed by atoms with van der Waals surface area (Å²) in [5.41, 5.74) is 0. The smallest absolute Gasteiger partial charge is 0.305 e. The number of amides is 1. The average Bonchev–Trinajstić information content (AvgIpc) is 2.78. The Morgan fingerprint density at radius 2 is 2.35 bits per heavy atom. The zero-order chi connectivity index (χ0) is 14.9. The van der Waals surface area contributed by atoms with Gasteiger partial charge in [0.2, 0.25) is 5.91 Å². The van der Waals surface area contributed by atoms with Crippen LogP contribution in [0.5, 0.6) is 0 Å². The van der Waals surface area contributed by atoms with Crippen LogP contribution in [0, 0.1) is 6.92 Å². The number of piperazine rings is 1. The number of carbonyl (C=O) groups excluding carboxylic acids is 1. The monoisotopic (exact) mass is 319 g/mol. The van der Waals surface area contributed by atoms with Crippen LogP contribution in [0.25, 0.3) is 0 Å². The molecule has 8 nitrogen and oxygen atoms in total. The van der Waals surface area contributed by atoms with Gasteiger partial charge in [0.15, 0.2) is 4.21 Å². The zero-order valence-electron chi connectivity index (χ0n) is 10.6. The summed E-state index contributed by atoms with van der Waals surface area (Å²) in [6.45, 7) is 1.87. The molecule has 10 heteroatoms. The minimum Gasteiger partial charge on any atom is -0.481 e. The van der Waals surface area contributed by atoms with E-state index in [4.69, 9.17) is 5.11 Å². The summed E-state index contributed by atoms with van der Waals surface area (Å²) >= 11 is 0.991. The molecule has 1 fully saturated rings. The van der Waals surface area contributed by atoms with E-state index in [9.17, 15) is 18.0 Å². The number of thiazole rings is 1. The third kappa shape index (κ3) is 2.81. The van der Waals surface area contributed by atoms with Gasteiger partial charge < -0.3 is 10.4 Å². The molecular formula is C10H13N3O5S2. The fourth-order valence-electron chi connectivity index (χ4n) is 1.92. The Labute approximate surface area is 119 Å². The molecule has 1 aliphatic heterocycles. The van der Waals surface area contributed by atoms with Crippen LogP contribution in [-0.2, 0) is 19.6 Å². The topological polar surface area (TPSA) is 117 Å². The molecule has 1 amide bonds. The van der Waals surface area contributed by atoms with Gasteiger partial charge in [-0.15, -0.1) is 11.3 Å². The molecule has 0 saturated carbocycles. The Hall–Kier alpha value is -1.52. The van der Waals surface area contributed by atoms with Crippen LogP contribution < -0.4 is 5.32 Å². The van der Waals surface area contributed by atoms with Gasteiger partial charge in [-0.05, 0) is 6.92 Å². The third-order valence-corrected chi connectivity index (χ3v) is 6.07. The summed E-state index contributed by atoms with van der Waals surface area (Å²) in [6.07, 6.45) is 0.655. The Bertz CT molecular complexity index is 639. The van der Waals surface area contributed by atoms with Crippen LogP contribution in [0.15, 0.2) is 10.4 Å². The maximum Gasteiger partial charge on any atom is 0.305 e. The van der Waals surface area contributed by atoms with Crippen molar-refractivity contribution in [1.82, 2.24) is 14.6 Å². The standard InChI is InChI=1S/C10H13N3O5S2/c1-6-12-5-9(19-6)20(17,18)13-3-2-11-10(16)7(13)4-8(14)15/h5,7H,2-4H2,1H3,(H,11,16)(H,14,15). The average molecular weight is 319 g/mol. The molecule has 1 aromatic heterocycles. The summed E-state index contributed by atoms with van der Waals surface area (Å²) in [5.74, 6) is -1.82. The summed E-state index contributed by atoms with van der Waals surface area (Å²) in [6, 6.07) is -1.23. The van der Waals surface area contributed by atoms with E-state index in [1.807, 2.05) is 0 Å². The molecule has 0 aromatic carbocycles. The molecule has 2 heterocycles. The van der Waals surface area contributed by atoms with Gasteiger partial charge in [-0.25, -0.2) is 13.4 Å². The Morgan fingerprint density at radius 1 is 1.65 bits per heavy atom. The molecule has 1 aromatic rings. The molecule has 0 spiro atoms. The summed E-state index contributed by atoms with van der Waals surface area (Å²) in [5, 5.41) is 11.9. The highest BCUT2D eigenvalue weighted by Crippen LogP contribution is 2.25. The van der Waals surface area contributed by atoms with E-state index in [1.54, 1.807) is 6.92 Å². The van der Waals surface area contributed by atoms with Gasteiger partial charge in [0.05, 0.1) is 17.6 Å². The van der Waals surface area contributed by atoms with Crippen molar-refractivity contribution in [3.8, 4) is 0 Å². The van der Waals surface area contributed by atoms with Gasteiger partial charge in [0, 0.05) is 13.1 Å². The van der Waals surface area contributed by atoms with E-state index in [0.29, 0.717) is 5.01 Å². The first-order valence-corrected chi connectivity index (χ1v) is 8.02. The van der Waals surface area contributed by atoms with Gasteiger partial charge in [-0.1, -0.05) is 0 Å². The second-order valence-electron chi connectivity index (χ2n) is 4.22. The van der Waals surface area contributed by atoms with Crippen LogP contribution >= 0.6 is 11.3 Å². The fourth-order valence-corrected chi connectivity index (χ4v) is 4.74. The SMILES string of the molecule is Cc1ncc(S(=O)(=O)N2CCNC(=O)C2CC(=O)O)s1. The summed E-state index contributed by atoms with van der Waals surface area (Å²) in [7, 11) is -3.90. The second-order valence-corrected chi connectivity index (χ2v) is 7.57. The molecule has 1 atom stereocenters. The number of sulfonamides is 1. The number of aromatic nitrogens is 1. The van der Waals surface area contributed by atoms with Crippen molar-refractivity contribution in [2.45, 2.75) is 23.6 Å². The van der Waals surface area contributed by atoms with E-state index >= 15 is 0 Å². The van der Waals surface area contributed by atoms with Gasteiger partial charge in [-0.2, -0.15) is 4.31 Å². The Kier molecular flexibility index (Phi) is 4.06. The van der Waals surface area contributed by atoms with Crippen LogP contribution in [0.2, 0.25) is 0 Å². The van der Waals surface area contributed by atoms with Crippen LogP contribution in [0.3, 0.4) is 0 Å². The molecule has 0 bridgehead atoms. The molecule has 1 unspecified atom stereocenters. The summed E-state index contributed by atoms with van der Waals surface area (Å²) in [4.78, 5) is 26.4. The van der Waals surface area contributed by atoms with E-state index in [0.717, 1.165) is 15.6 Å². The number of rotatable bonds is 4. The van der Waals surface area contributed by atoms with E-state index in [-0.39, 0.29) is 17.3 Å². The van der Waals surface area contributed by atoms with Gasteiger partial charge >= 0.3 is 5.97 Å². The van der Waals surface area contributed by atoms with Crippen LogP contribution in [0.4, 0.5) is 0 Å². The number of carbonyl (C=O) groups is 2. The van der Waals surface area contributed by atoms with Gasteiger partial charge in [0.25, 0.3) is 10.0 Å². The number of aliphatic carboxylic acids is 1. The maximum atomic E-state index is 12.5. The van der Waals surface area contributed by atoms with Crippen molar-refractivity contribution >= 4 is 33.2 Å². The highest BCUT2D eigenvalue weighted by molar-refractivity contribution is 7.91. The first-order chi connectivity index (χ1) is 9.32. The Balaban J connectivity index is 2.36. The lowest BCUT2D eigenvalue weighted by Gasteiger charge is -2.32. The number of carboxylic acid groups (broad SMARTS) is 1. The number of hydrogen-bond acceptors (Lipinski definition) is 6. The quantitative estimate of drug-likeness (QED) is 0.766. The third-order valence-electron chi connectivity index (χ3n) is 2.81. The number of nitrogens with zero attached hydrogens (tertiary/aromatic N) is 2. The van der Waals surface area contributed by atoms with E-state index in [1.165, 1.54) is 6.20 Å². The van der Waals surface area contributed by atoms with Crippen molar-refractivity contribution < 1.29 is 23.1 Å². The van der Waals surface area contributed by atoms with Crippen LogP contribution in [-0.4, -0.2) is 53.8 Å². The van der Waals surface area contributed by atoms with E-state index in [2.05, 4.69) is 10.3 Å². The lowest BCUT2D eigenvalue weighted by molar-refractivity contribution is -0.141. The number of carboxylic acids is 1. The minimum absolute atomic E-state index is 0.0140. The number of hydrogen-bond donors (Lipinski definition) is 2. The van der Waals surface area contributed by atoms with Crippen molar-refractivity contribution in [1.29, 1.82) is 0 Å². The van der Waals surface area contributed by atoms with Gasteiger partial charge in [0.1, 0.15) is 6.04 Å². The zero-order valence-corrected chi connectivity index (χ0v) is 12.2. The highest BCUT2D eigenvalue weighted by Gasteiger charge is 2.40. The minimum atomic E-state index is -3.90. The fraction of sp³-hybridized carbons (Fsp3) is 0.500. The molecule has 1 saturated heterocycles. The molecule has 20 heavy (non-hydrogen) atoms. The first kappa shape index (κ1) is 14.9. The van der Waals surface area contributed by atoms with Crippen molar-refractivity contribution in [2.24, 2.45) is 0 Å². The molecule has 0 aliphatic carbocycles. The second kappa shape index (κ2) is 5.46. The Morgan fingerprint density at radius 3 is 2.90 bits per heavy atom. The summed E-state index contributed by atoms with van der Waals surface area (Å²) < 4.78 is 25.9. The van der Waals surface area contributed by atoms with Crippen molar-refractivity contribution in [2.75, 3.05) is 13.1 Å². The molecule has 110 valence electrons. The predicted molar refractivity (Wildman–Crippen MR) is 69.8 cm³/mol. The largest absolute Gasteiger partial charge is 0.481 e. The lowest BCUT2D eigenvalue weighted by atomic mass is 10.1. The van der Waals surface area contributed by atoms with Crippen molar-refractivity contribution in [3.05, 3.63) is 11.2 Å². The highest BCUT2D eigenvalue weighted by atomic mass is 32.2. The molecular weight excluding hydrogens is 306 g/mol. The van der Waals surface area contributed by atoms with Crippen LogP contribution in [0.1, 0.15) is 11.4 Å².